The third-order valence-corrected chi connectivity index (χ3v) is 9.65. The molecule has 0 N–H and O–H groups in total. The number of rotatable bonds is 6. The van der Waals surface area contributed by atoms with Gasteiger partial charge in [-0.25, -0.2) is 9.97 Å². The maximum atomic E-state index is 5.24. The van der Waals surface area contributed by atoms with Gasteiger partial charge in [0, 0.05) is 34.1 Å². The summed E-state index contributed by atoms with van der Waals surface area (Å²) in [5.41, 5.74) is 12.7. The van der Waals surface area contributed by atoms with E-state index >= 15 is 0 Å². The smallest absolute Gasteiger partial charge is 0.160 e. The van der Waals surface area contributed by atoms with Gasteiger partial charge >= 0.3 is 0 Å². The zero-order valence-corrected chi connectivity index (χ0v) is 28.2. The molecule has 3 nitrogen and oxygen atoms in total. The van der Waals surface area contributed by atoms with Crippen molar-refractivity contribution >= 4 is 21.5 Å². The number of nitrogens with zero attached hydrogens (tertiary/aromatic N) is 3. The van der Waals surface area contributed by atoms with Gasteiger partial charge in [0.1, 0.15) is 0 Å². The Bertz CT molecular complexity index is 2570. The molecule has 0 atom stereocenters. The first-order chi connectivity index (χ1) is 25.2. The molecule has 2 heterocycles. The van der Waals surface area contributed by atoms with E-state index in [0.717, 1.165) is 61.6 Å². The molecular formula is C48H33N3. The van der Waals surface area contributed by atoms with Crippen molar-refractivity contribution in [3.8, 4) is 67.3 Å². The molecule has 2 aromatic heterocycles. The number of pyridine rings is 1. The van der Waals surface area contributed by atoms with Crippen molar-refractivity contribution in [2.45, 2.75) is 6.92 Å². The molecule has 0 saturated heterocycles. The highest BCUT2D eigenvalue weighted by Crippen LogP contribution is 2.41. The topological polar surface area (TPSA) is 38.7 Å². The van der Waals surface area contributed by atoms with Gasteiger partial charge in [-0.05, 0) is 92.7 Å². The van der Waals surface area contributed by atoms with Crippen molar-refractivity contribution in [2.75, 3.05) is 0 Å². The Balaban J connectivity index is 1.30. The fourth-order valence-corrected chi connectivity index (χ4v) is 7.11. The van der Waals surface area contributed by atoms with Crippen LogP contribution < -0.4 is 0 Å². The average Bonchev–Trinajstić information content (AvgIpc) is 3.20. The fraction of sp³-hybridized carbons (Fsp3) is 0.0208. The van der Waals surface area contributed by atoms with Gasteiger partial charge < -0.3 is 0 Å². The zero-order valence-electron chi connectivity index (χ0n) is 28.2. The van der Waals surface area contributed by atoms with E-state index in [-0.39, 0.29) is 0 Å². The van der Waals surface area contributed by atoms with E-state index in [9.17, 15) is 0 Å². The maximum absolute atomic E-state index is 5.24. The molecule has 240 valence electrons. The fourth-order valence-electron chi connectivity index (χ4n) is 7.11. The molecule has 0 aliphatic heterocycles. The number of aryl methyl sites for hydroxylation is 1. The normalized spacial score (nSPS) is 11.2. The Hall–Kier alpha value is -6.71. The first-order valence-electron chi connectivity index (χ1n) is 17.3. The summed E-state index contributed by atoms with van der Waals surface area (Å²) < 4.78 is 0. The molecule has 0 amide bonds. The monoisotopic (exact) mass is 651 g/mol. The summed E-state index contributed by atoms with van der Waals surface area (Å²) in [6.07, 6.45) is 1.84. The van der Waals surface area contributed by atoms with Crippen LogP contribution in [0.25, 0.3) is 88.8 Å². The number of hydrogen-bond donors (Lipinski definition) is 0. The Morgan fingerprint density at radius 2 is 0.902 bits per heavy atom. The van der Waals surface area contributed by atoms with Crippen LogP contribution in [-0.2, 0) is 0 Å². The first-order valence-corrected chi connectivity index (χ1v) is 17.3. The van der Waals surface area contributed by atoms with Gasteiger partial charge in [0.2, 0.25) is 0 Å². The molecule has 0 saturated carbocycles. The molecule has 9 rings (SSSR count). The summed E-state index contributed by atoms with van der Waals surface area (Å²) in [5, 5.41) is 4.85. The van der Waals surface area contributed by atoms with Crippen LogP contribution in [0.4, 0.5) is 0 Å². The predicted molar refractivity (Wildman–Crippen MR) is 212 cm³/mol. The maximum Gasteiger partial charge on any atom is 0.160 e. The van der Waals surface area contributed by atoms with E-state index in [2.05, 4.69) is 170 Å². The van der Waals surface area contributed by atoms with Gasteiger partial charge in [0.15, 0.2) is 5.82 Å². The lowest BCUT2D eigenvalue weighted by atomic mass is 9.89. The van der Waals surface area contributed by atoms with Crippen LogP contribution in [-0.4, -0.2) is 15.0 Å². The summed E-state index contributed by atoms with van der Waals surface area (Å²) in [5.74, 6) is 0.686. The molecule has 0 spiro atoms. The molecule has 0 radical (unpaired) electrons. The highest BCUT2D eigenvalue weighted by Gasteiger charge is 2.17. The Morgan fingerprint density at radius 1 is 0.373 bits per heavy atom. The van der Waals surface area contributed by atoms with E-state index in [0.29, 0.717) is 5.82 Å². The Morgan fingerprint density at radius 3 is 1.51 bits per heavy atom. The van der Waals surface area contributed by atoms with Crippen molar-refractivity contribution in [1.29, 1.82) is 0 Å². The van der Waals surface area contributed by atoms with Crippen molar-refractivity contribution < 1.29 is 0 Å². The second kappa shape index (κ2) is 13.0. The third kappa shape index (κ3) is 5.85. The van der Waals surface area contributed by atoms with Crippen LogP contribution in [0.3, 0.4) is 0 Å². The molecule has 0 aliphatic rings. The summed E-state index contributed by atoms with van der Waals surface area (Å²) in [6, 6.07) is 62.2. The van der Waals surface area contributed by atoms with Crippen molar-refractivity contribution in [1.82, 2.24) is 15.0 Å². The molecule has 0 fully saturated rings. The minimum Gasteiger partial charge on any atom is -0.261 e. The molecule has 3 heteroatoms. The quantitative estimate of drug-likeness (QED) is 0.168. The van der Waals surface area contributed by atoms with Crippen LogP contribution in [0.1, 0.15) is 5.69 Å². The standard InChI is InChI=1S/C48H33N3/c1-32-42(21-12-26-49-32)34-24-22-33(23-25-34)39-28-40(47-43-19-10-8-17-37(43)27-38-18-9-11-20-44(38)47)30-41(29-39)48-50-45(35-13-4-2-5-14-35)31-46(51-48)36-15-6-3-7-16-36/h2-31H,1H3. The minimum absolute atomic E-state index is 0.686. The van der Waals surface area contributed by atoms with Gasteiger partial charge in [0.05, 0.1) is 11.4 Å². The van der Waals surface area contributed by atoms with Gasteiger partial charge in [-0.1, -0.05) is 140 Å². The molecule has 0 bridgehead atoms. The Labute approximate surface area is 297 Å². The summed E-state index contributed by atoms with van der Waals surface area (Å²) in [7, 11) is 0. The first kappa shape index (κ1) is 30.4. The summed E-state index contributed by atoms with van der Waals surface area (Å²) in [4.78, 5) is 15.0. The summed E-state index contributed by atoms with van der Waals surface area (Å²) >= 11 is 0. The molecule has 51 heavy (non-hydrogen) atoms. The number of fused-ring (bicyclic) bond motifs is 2. The van der Waals surface area contributed by atoms with Crippen molar-refractivity contribution in [2.24, 2.45) is 0 Å². The number of benzene rings is 7. The third-order valence-electron chi connectivity index (χ3n) is 9.65. The predicted octanol–water partition coefficient (Wildman–Crippen LogP) is 12.5. The molecule has 9 aromatic rings. The molecule has 0 unspecified atom stereocenters. The van der Waals surface area contributed by atoms with E-state index in [4.69, 9.17) is 9.97 Å². The summed E-state index contributed by atoms with van der Waals surface area (Å²) in [6.45, 7) is 2.06. The van der Waals surface area contributed by atoms with E-state index < -0.39 is 0 Å². The lowest BCUT2D eigenvalue weighted by Crippen LogP contribution is -1.97. The van der Waals surface area contributed by atoms with Crippen LogP contribution in [0.2, 0.25) is 0 Å². The van der Waals surface area contributed by atoms with Crippen LogP contribution >= 0.6 is 0 Å². The van der Waals surface area contributed by atoms with Crippen molar-refractivity contribution in [3.05, 3.63) is 188 Å². The number of hydrogen-bond acceptors (Lipinski definition) is 3. The second-order valence-electron chi connectivity index (χ2n) is 12.9. The van der Waals surface area contributed by atoms with Crippen molar-refractivity contribution in [3.63, 3.8) is 0 Å². The average molecular weight is 652 g/mol. The molecule has 0 aliphatic carbocycles. The second-order valence-corrected chi connectivity index (χ2v) is 12.9. The van der Waals surface area contributed by atoms with Gasteiger partial charge in [0.25, 0.3) is 0 Å². The lowest BCUT2D eigenvalue weighted by Gasteiger charge is -2.16. The largest absolute Gasteiger partial charge is 0.261 e. The Kier molecular flexibility index (Phi) is 7.71. The van der Waals surface area contributed by atoms with Crippen LogP contribution in [0, 0.1) is 6.92 Å². The highest BCUT2D eigenvalue weighted by atomic mass is 14.9. The van der Waals surface area contributed by atoms with Gasteiger partial charge in [-0.3, -0.25) is 4.98 Å². The highest BCUT2D eigenvalue weighted by molar-refractivity contribution is 6.13. The van der Waals surface area contributed by atoms with Crippen LogP contribution in [0.15, 0.2) is 182 Å². The van der Waals surface area contributed by atoms with Gasteiger partial charge in [-0.2, -0.15) is 0 Å². The molecular weight excluding hydrogens is 619 g/mol. The molecule has 7 aromatic carbocycles. The van der Waals surface area contributed by atoms with E-state index in [1.807, 2.05) is 24.4 Å². The number of aromatic nitrogens is 3. The van der Waals surface area contributed by atoms with Gasteiger partial charge in [-0.15, -0.1) is 0 Å². The lowest BCUT2D eigenvalue weighted by molar-refractivity contribution is 1.18. The van der Waals surface area contributed by atoms with Crippen LogP contribution in [0.5, 0.6) is 0 Å². The van der Waals surface area contributed by atoms with E-state index in [1.54, 1.807) is 0 Å². The zero-order chi connectivity index (χ0) is 34.1. The minimum atomic E-state index is 0.686. The van der Waals surface area contributed by atoms with E-state index in [1.165, 1.54) is 27.1 Å². The SMILES string of the molecule is Cc1ncccc1-c1ccc(-c2cc(-c3nc(-c4ccccc4)cc(-c4ccccc4)n3)cc(-c3c4ccccc4cc4ccccc34)c2)cc1.